The molecule has 0 aliphatic carbocycles. The molecule has 10 heteroatoms. The molecular weight excluding hydrogens is 441 g/mol. The van der Waals surface area contributed by atoms with Gasteiger partial charge in [-0.3, -0.25) is 9.69 Å². The minimum atomic E-state index is -4.53. The molecule has 1 amide bonds. The maximum absolute atomic E-state index is 13.1. The van der Waals surface area contributed by atoms with Gasteiger partial charge in [-0.25, -0.2) is 0 Å². The molecule has 1 aliphatic heterocycles. The number of rotatable bonds is 10. The van der Waals surface area contributed by atoms with Crippen molar-refractivity contribution in [1.29, 1.82) is 0 Å². The van der Waals surface area contributed by atoms with E-state index in [1.807, 2.05) is 25.7 Å². The van der Waals surface area contributed by atoms with E-state index < -0.39 is 23.8 Å². The molecular formula is C23H35F3N2O5. The summed E-state index contributed by atoms with van der Waals surface area (Å²) in [4.78, 5) is 16.5. The van der Waals surface area contributed by atoms with Crippen molar-refractivity contribution in [1.82, 2.24) is 9.80 Å². The van der Waals surface area contributed by atoms with Gasteiger partial charge in [-0.1, -0.05) is 6.07 Å². The molecule has 1 aromatic carbocycles. The molecule has 0 bridgehead atoms. The minimum Gasteiger partial charge on any atom is -0.389 e. The van der Waals surface area contributed by atoms with E-state index in [1.54, 1.807) is 0 Å². The number of aliphatic hydroxyl groups is 1. The fourth-order valence-electron chi connectivity index (χ4n) is 3.49. The molecule has 0 spiro atoms. The molecule has 7 nitrogen and oxygen atoms in total. The first-order valence-corrected chi connectivity index (χ1v) is 11.0. The number of carbonyl (C=O) groups excluding carboxylic acids is 1. The highest BCUT2D eigenvalue weighted by Crippen LogP contribution is 2.29. The van der Waals surface area contributed by atoms with E-state index in [0.29, 0.717) is 26.2 Å². The molecule has 0 aromatic heterocycles. The number of methoxy groups -OCH3 is 1. The lowest BCUT2D eigenvalue weighted by Crippen LogP contribution is -2.51. The summed E-state index contributed by atoms with van der Waals surface area (Å²) in [6.07, 6.45) is -5.54. The molecule has 2 atom stereocenters. The molecule has 0 radical (unpaired) electrons. The van der Waals surface area contributed by atoms with E-state index in [2.05, 4.69) is 0 Å². The van der Waals surface area contributed by atoms with Gasteiger partial charge in [0, 0.05) is 45.4 Å². The molecule has 1 fully saturated rings. The Morgan fingerprint density at radius 1 is 1.33 bits per heavy atom. The molecule has 1 N–H and O–H groups in total. The number of amides is 1. The van der Waals surface area contributed by atoms with Gasteiger partial charge in [0.25, 0.3) is 5.91 Å². The first-order chi connectivity index (χ1) is 15.4. The number of carbonyl (C=O) groups is 1. The first-order valence-electron chi connectivity index (χ1n) is 11.0. The molecule has 33 heavy (non-hydrogen) atoms. The average molecular weight is 477 g/mol. The van der Waals surface area contributed by atoms with Crippen LogP contribution in [-0.4, -0.2) is 98.3 Å². The second-order valence-electron chi connectivity index (χ2n) is 9.15. The summed E-state index contributed by atoms with van der Waals surface area (Å²) < 4.78 is 55.7. The van der Waals surface area contributed by atoms with Crippen LogP contribution >= 0.6 is 0 Å². The lowest BCUT2D eigenvalue weighted by molar-refractivity contribution is -0.137. The van der Waals surface area contributed by atoms with Gasteiger partial charge >= 0.3 is 6.18 Å². The third-order valence-corrected chi connectivity index (χ3v) is 5.11. The summed E-state index contributed by atoms with van der Waals surface area (Å²) in [6.45, 7) is 8.54. The number of hydrogen-bond acceptors (Lipinski definition) is 6. The number of alkyl halides is 3. The normalized spacial score (nSPS) is 18.8. The third kappa shape index (κ3) is 9.58. The van der Waals surface area contributed by atoms with Crippen molar-refractivity contribution in [2.75, 3.05) is 59.7 Å². The van der Waals surface area contributed by atoms with Gasteiger partial charge in [0.2, 0.25) is 0 Å². The van der Waals surface area contributed by atoms with Crippen LogP contribution in [0.5, 0.6) is 0 Å². The predicted molar refractivity (Wildman–Crippen MR) is 117 cm³/mol. The first kappa shape index (κ1) is 27.5. The third-order valence-electron chi connectivity index (χ3n) is 5.11. The highest BCUT2D eigenvalue weighted by atomic mass is 19.4. The zero-order chi connectivity index (χ0) is 24.6. The van der Waals surface area contributed by atoms with Crippen molar-refractivity contribution >= 4 is 5.91 Å². The van der Waals surface area contributed by atoms with Crippen LogP contribution in [0.2, 0.25) is 0 Å². The van der Waals surface area contributed by atoms with Gasteiger partial charge in [0.05, 0.1) is 43.2 Å². The van der Waals surface area contributed by atoms with Crippen molar-refractivity contribution in [2.45, 2.75) is 44.8 Å². The van der Waals surface area contributed by atoms with Crippen LogP contribution in [0.25, 0.3) is 0 Å². The molecule has 0 unspecified atom stereocenters. The summed E-state index contributed by atoms with van der Waals surface area (Å²) >= 11 is 0. The zero-order valence-corrected chi connectivity index (χ0v) is 19.7. The fraction of sp³-hybridized carbons (Fsp3) is 0.696. The Labute approximate surface area is 193 Å². The van der Waals surface area contributed by atoms with E-state index in [9.17, 15) is 23.1 Å². The van der Waals surface area contributed by atoms with Crippen molar-refractivity contribution in [3.8, 4) is 0 Å². The highest BCUT2D eigenvalue weighted by molar-refractivity contribution is 5.94. The summed E-state index contributed by atoms with van der Waals surface area (Å²) in [5.41, 5.74) is -1.25. The number of β-amino-alcohol motifs (C(OH)–C–C–N with tert-alkyl or cyclic N) is 1. The molecule has 1 saturated heterocycles. The maximum Gasteiger partial charge on any atom is 0.416 e. The number of benzene rings is 1. The lowest BCUT2D eigenvalue weighted by Gasteiger charge is -2.36. The van der Waals surface area contributed by atoms with Gasteiger partial charge in [-0.05, 0) is 39.0 Å². The number of hydrogen-bond donors (Lipinski definition) is 1. The fourth-order valence-corrected chi connectivity index (χ4v) is 3.49. The van der Waals surface area contributed by atoms with Gasteiger partial charge in [-0.15, -0.1) is 0 Å². The molecule has 2 rings (SSSR count). The van der Waals surface area contributed by atoms with Crippen LogP contribution in [0.1, 0.15) is 36.7 Å². The van der Waals surface area contributed by atoms with Crippen molar-refractivity contribution in [3.05, 3.63) is 35.4 Å². The highest BCUT2D eigenvalue weighted by Gasteiger charge is 2.32. The Hall–Kier alpha value is -1.72. The number of ether oxygens (including phenoxy) is 3. The van der Waals surface area contributed by atoms with Gasteiger partial charge in [0.1, 0.15) is 0 Å². The smallest absolute Gasteiger partial charge is 0.389 e. The quantitative estimate of drug-likeness (QED) is 0.560. The topological polar surface area (TPSA) is 71.5 Å². The molecule has 0 saturated carbocycles. The van der Waals surface area contributed by atoms with E-state index >= 15 is 0 Å². The van der Waals surface area contributed by atoms with Crippen LogP contribution in [-0.2, 0) is 20.4 Å². The van der Waals surface area contributed by atoms with E-state index in [-0.39, 0.29) is 43.6 Å². The Bertz CT molecular complexity index is 754. The summed E-state index contributed by atoms with van der Waals surface area (Å²) in [7, 11) is 1.49. The molecule has 188 valence electrons. The van der Waals surface area contributed by atoms with Crippen LogP contribution in [0.3, 0.4) is 0 Å². The van der Waals surface area contributed by atoms with Crippen molar-refractivity contribution in [3.63, 3.8) is 0 Å². The largest absolute Gasteiger partial charge is 0.416 e. The summed E-state index contributed by atoms with van der Waals surface area (Å²) in [5, 5.41) is 10.3. The van der Waals surface area contributed by atoms with E-state index in [1.165, 1.54) is 24.1 Å². The summed E-state index contributed by atoms with van der Waals surface area (Å²) in [5.74, 6) is -0.516. The minimum absolute atomic E-state index is 0.0386. The Balaban J connectivity index is 2.02. The predicted octanol–water partition coefficient (Wildman–Crippen LogP) is 2.67. The van der Waals surface area contributed by atoms with Gasteiger partial charge < -0.3 is 24.2 Å². The number of aliphatic hydroxyl groups excluding tert-OH is 1. The van der Waals surface area contributed by atoms with Gasteiger partial charge in [0.15, 0.2) is 0 Å². The lowest BCUT2D eigenvalue weighted by atomic mass is 10.1. The Kier molecular flexibility index (Phi) is 10.1. The molecule has 1 heterocycles. The van der Waals surface area contributed by atoms with Crippen LogP contribution < -0.4 is 0 Å². The van der Waals surface area contributed by atoms with Crippen molar-refractivity contribution < 1.29 is 37.3 Å². The standard InChI is InChI=1S/C23H35F3N2O5/c1-22(2,3)33-16-19(29)13-27-8-11-32-20(14-27)15-28(9-10-31-4)21(30)17-6-5-7-18(12-17)23(24,25)26/h5-7,12,19-20,29H,8-11,13-16H2,1-4H3/t19-,20-/m1/s1. The monoisotopic (exact) mass is 476 g/mol. The Morgan fingerprint density at radius 2 is 2.06 bits per heavy atom. The van der Waals surface area contributed by atoms with Gasteiger partial charge in [-0.2, -0.15) is 13.2 Å². The molecule has 1 aromatic rings. The second kappa shape index (κ2) is 12.1. The van der Waals surface area contributed by atoms with Crippen LogP contribution in [0.15, 0.2) is 24.3 Å². The molecule has 1 aliphatic rings. The number of nitrogens with zero attached hydrogens (tertiary/aromatic N) is 2. The summed E-state index contributed by atoms with van der Waals surface area (Å²) in [6, 6.07) is 4.40. The van der Waals surface area contributed by atoms with E-state index in [0.717, 1.165) is 12.1 Å². The van der Waals surface area contributed by atoms with Crippen LogP contribution in [0, 0.1) is 0 Å². The second-order valence-corrected chi connectivity index (χ2v) is 9.15. The zero-order valence-electron chi connectivity index (χ0n) is 19.7. The van der Waals surface area contributed by atoms with E-state index in [4.69, 9.17) is 14.2 Å². The average Bonchev–Trinajstić information content (AvgIpc) is 2.74. The van der Waals surface area contributed by atoms with Crippen LogP contribution in [0.4, 0.5) is 13.2 Å². The SMILES string of the molecule is COCCN(C[C@H]1CN(C[C@@H](O)COC(C)(C)C)CCO1)C(=O)c1cccc(C(F)(F)F)c1. The number of halogens is 3. The number of morpholine rings is 1. The van der Waals surface area contributed by atoms with Crippen molar-refractivity contribution in [2.24, 2.45) is 0 Å². The Morgan fingerprint density at radius 3 is 2.70 bits per heavy atom. The maximum atomic E-state index is 13.1.